The lowest BCUT2D eigenvalue weighted by Gasteiger charge is -2.23. The molecule has 0 aliphatic heterocycles. The highest BCUT2D eigenvalue weighted by atomic mass is 19.1. The summed E-state index contributed by atoms with van der Waals surface area (Å²) in [5.41, 5.74) is 0.195. The van der Waals surface area contributed by atoms with Gasteiger partial charge in [0.05, 0.1) is 5.69 Å². The number of para-hydroxylation sites is 1. The predicted molar refractivity (Wildman–Crippen MR) is 77.4 cm³/mol. The van der Waals surface area contributed by atoms with Crippen LogP contribution < -0.4 is 10.2 Å². The van der Waals surface area contributed by atoms with Gasteiger partial charge in [-0.05, 0) is 26.0 Å². The average molecular weight is 295 g/mol. The predicted octanol–water partition coefficient (Wildman–Crippen LogP) is 4.09. The van der Waals surface area contributed by atoms with E-state index in [9.17, 15) is 13.2 Å². The van der Waals surface area contributed by atoms with E-state index in [2.05, 4.69) is 10.3 Å². The maximum atomic E-state index is 14.0. The first kappa shape index (κ1) is 15.2. The van der Waals surface area contributed by atoms with Crippen LogP contribution in [-0.4, -0.2) is 18.1 Å². The second-order valence-corrected chi connectivity index (χ2v) is 4.35. The van der Waals surface area contributed by atoms with Gasteiger partial charge in [-0.2, -0.15) is 0 Å². The van der Waals surface area contributed by atoms with E-state index in [1.165, 1.54) is 17.0 Å². The number of rotatable bonds is 5. The van der Waals surface area contributed by atoms with Gasteiger partial charge in [0.25, 0.3) is 0 Å². The summed E-state index contributed by atoms with van der Waals surface area (Å²) < 4.78 is 41.5. The van der Waals surface area contributed by atoms with Crippen LogP contribution in [0.25, 0.3) is 0 Å². The number of pyridine rings is 1. The smallest absolute Gasteiger partial charge is 0.171 e. The zero-order chi connectivity index (χ0) is 15.4. The van der Waals surface area contributed by atoms with Gasteiger partial charge in [-0.3, -0.25) is 0 Å². The second kappa shape index (κ2) is 6.47. The molecule has 0 aliphatic carbocycles. The fraction of sp³-hybridized carbons (Fsp3) is 0.267. The van der Waals surface area contributed by atoms with Crippen molar-refractivity contribution in [3.8, 4) is 0 Å². The summed E-state index contributed by atoms with van der Waals surface area (Å²) in [4.78, 5) is 5.31. The van der Waals surface area contributed by atoms with E-state index in [1.54, 1.807) is 26.0 Å². The number of aromatic nitrogens is 1. The van der Waals surface area contributed by atoms with Crippen molar-refractivity contribution in [1.82, 2.24) is 4.98 Å². The monoisotopic (exact) mass is 295 g/mol. The SMILES string of the molecule is CCNc1nc(N(CC)c2ccccc2F)c(F)cc1F. The molecule has 0 spiro atoms. The van der Waals surface area contributed by atoms with E-state index in [4.69, 9.17) is 0 Å². The Labute approximate surface area is 121 Å². The molecule has 0 bridgehead atoms. The maximum Gasteiger partial charge on any atom is 0.171 e. The van der Waals surface area contributed by atoms with Crippen molar-refractivity contribution >= 4 is 17.3 Å². The van der Waals surface area contributed by atoms with Crippen molar-refractivity contribution in [1.29, 1.82) is 0 Å². The van der Waals surface area contributed by atoms with Crippen LogP contribution in [0.5, 0.6) is 0 Å². The lowest BCUT2D eigenvalue weighted by Crippen LogP contribution is -2.21. The summed E-state index contributed by atoms with van der Waals surface area (Å²) in [5, 5.41) is 2.72. The van der Waals surface area contributed by atoms with Crippen LogP contribution >= 0.6 is 0 Å². The molecule has 0 amide bonds. The molecular weight excluding hydrogens is 279 g/mol. The van der Waals surface area contributed by atoms with Crippen LogP contribution in [0.2, 0.25) is 0 Å². The maximum absolute atomic E-state index is 14.0. The highest BCUT2D eigenvalue weighted by Crippen LogP contribution is 2.30. The molecule has 2 rings (SSSR count). The van der Waals surface area contributed by atoms with Crippen LogP contribution in [0, 0.1) is 17.5 Å². The first-order valence-electron chi connectivity index (χ1n) is 6.70. The third-order valence-corrected chi connectivity index (χ3v) is 2.97. The van der Waals surface area contributed by atoms with Gasteiger partial charge >= 0.3 is 0 Å². The van der Waals surface area contributed by atoms with Gasteiger partial charge < -0.3 is 10.2 Å². The van der Waals surface area contributed by atoms with Crippen LogP contribution in [0.1, 0.15) is 13.8 Å². The first-order valence-corrected chi connectivity index (χ1v) is 6.70. The quantitative estimate of drug-likeness (QED) is 0.900. The lowest BCUT2D eigenvalue weighted by atomic mass is 10.2. The van der Waals surface area contributed by atoms with Crippen molar-refractivity contribution in [2.45, 2.75) is 13.8 Å². The number of anilines is 3. The van der Waals surface area contributed by atoms with Gasteiger partial charge in [-0.1, -0.05) is 12.1 Å². The number of nitrogens with zero attached hydrogens (tertiary/aromatic N) is 2. The molecule has 1 heterocycles. The molecule has 0 radical (unpaired) electrons. The van der Waals surface area contributed by atoms with Gasteiger partial charge in [0.1, 0.15) is 5.82 Å². The normalized spacial score (nSPS) is 10.5. The summed E-state index contributed by atoms with van der Waals surface area (Å²) >= 11 is 0. The Morgan fingerprint density at radius 1 is 1.05 bits per heavy atom. The molecule has 2 aromatic rings. The zero-order valence-electron chi connectivity index (χ0n) is 11.8. The zero-order valence-corrected chi connectivity index (χ0v) is 11.8. The Balaban J connectivity index is 2.52. The minimum atomic E-state index is -0.834. The number of hydrogen-bond donors (Lipinski definition) is 1. The summed E-state index contributed by atoms with van der Waals surface area (Å²) in [7, 11) is 0. The number of nitrogens with one attached hydrogen (secondary N) is 1. The molecule has 0 unspecified atom stereocenters. The summed E-state index contributed by atoms with van der Waals surface area (Å²) in [6.07, 6.45) is 0. The van der Waals surface area contributed by atoms with Crippen molar-refractivity contribution in [2.24, 2.45) is 0 Å². The Bertz CT molecular complexity index is 632. The van der Waals surface area contributed by atoms with E-state index in [0.29, 0.717) is 13.1 Å². The number of benzene rings is 1. The van der Waals surface area contributed by atoms with Gasteiger partial charge in [0.15, 0.2) is 23.3 Å². The Morgan fingerprint density at radius 2 is 1.76 bits per heavy atom. The Morgan fingerprint density at radius 3 is 2.38 bits per heavy atom. The van der Waals surface area contributed by atoms with E-state index in [1.807, 2.05) is 0 Å². The molecule has 0 saturated heterocycles. The van der Waals surface area contributed by atoms with Crippen LogP contribution in [0.4, 0.5) is 30.5 Å². The molecule has 0 aliphatic rings. The average Bonchev–Trinajstić information content (AvgIpc) is 2.46. The standard InChI is InChI=1S/C15H16F3N3/c1-3-19-14-11(17)9-12(18)15(20-14)21(4-2)13-8-6-5-7-10(13)16/h5-9H,3-4H2,1-2H3,(H,19,20). The van der Waals surface area contributed by atoms with Crippen molar-refractivity contribution < 1.29 is 13.2 Å². The molecule has 6 heteroatoms. The molecule has 1 N–H and O–H groups in total. The summed E-state index contributed by atoms with van der Waals surface area (Å²) in [6.45, 7) is 4.26. The molecule has 0 atom stereocenters. The molecule has 0 fully saturated rings. The highest BCUT2D eigenvalue weighted by Gasteiger charge is 2.19. The van der Waals surface area contributed by atoms with Gasteiger partial charge in [0.2, 0.25) is 0 Å². The van der Waals surface area contributed by atoms with Crippen LogP contribution in [-0.2, 0) is 0 Å². The number of hydrogen-bond acceptors (Lipinski definition) is 3. The van der Waals surface area contributed by atoms with Crippen molar-refractivity contribution in [3.05, 3.63) is 47.8 Å². The van der Waals surface area contributed by atoms with Gasteiger partial charge in [-0.15, -0.1) is 0 Å². The van der Waals surface area contributed by atoms with Gasteiger partial charge in [0, 0.05) is 19.2 Å². The van der Waals surface area contributed by atoms with Crippen molar-refractivity contribution in [2.75, 3.05) is 23.3 Å². The van der Waals surface area contributed by atoms with E-state index >= 15 is 0 Å². The first-order chi connectivity index (χ1) is 10.1. The Kier molecular flexibility index (Phi) is 4.67. The third kappa shape index (κ3) is 3.09. The molecule has 3 nitrogen and oxygen atoms in total. The molecule has 21 heavy (non-hydrogen) atoms. The van der Waals surface area contributed by atoms with Gasteiger partial charge in [-0.25, -0.2) is 18.2 Å². The number of halogens is 3. The lowest BCUT2D eigenvalue weighted by molar-refractivity contribution is 0.573. The minimum absolute atomic E-state index is 0.0521. The summed E-state index contributed by atoms with van der Waals surface area (Å²) in [5.74, 6) is -2.26. The topological polar surface area (TPSA) is 28.2 Å². The van der Waals surface area contributed by atoms with E-state index in [0.717, 1.165) is 6.07 Å². The molecule has 1 aromatic heterocycles. The Hall–Kier alpha value is -2.24. The van der Waals surface area contributed by atoms with Crippen molar-refractivity contribution in [3.63, 3.8) is 0 Å². The highest BCUT2D eigenvalue weighted by molar-refractivity contribution is 5.62. The summed E-state index contributed by atoms with van der Waals surface area (Å²) in [6, 6.07) is 6.75. The van der Waals surface area contributed by atoms with E-state index < -0.39 is 17.5 Å². The fourth-order valence-electron chi connectivity index (χ4n) is 2.04. The third-order valence-electron chi connectivity index (χ3n) is 2.97. The van der Waals surface area contributed by atoms with E-state index in [-0.39, 0.29) is 17.3 Å². The van der Waals surface area contributed by atoms with Crippen LogP contribution in [0.15, 0.2) is 30.3 Å². The molecule has 0 saturated carbocycles. The van der Waals surface area contributed by atoms with Crippen LogP contribution in [0.3, 0.4) is 0 Å². The fourth-order valence-corrected chi connectivity index (χ4v) is 2.04. The molecule has 1 aromatic carbocycles. The second-order valence-electron chi connectivity index (χ2n) is 4.35. The molecule has 112 valence electrons. The molecular formula is C15H16F3N3. The minimum Gasteiger partial charge on any atom is -0.368 e. The largest absolute Gasteiger partial charge is 0.368 e.